The van der Waals surface area contributed by atoms with Crippen molar-refractivity contribution < 1.29 is 27.4 Å². The molecule has 0 atom stereocenters. The standard InChI is InChI=1S/C12H15F3O3/c1-7-9(17-2)11(18-10(7)16)5-3-8(4-6-11)12(13,14)15/h8H,3-6H2,1-2H3. The molecule has 0 aromatic heterocycles. The fourth-order valence-corrected chi connectivity index (χ4v) is 2.81. The molecule has 0 saturated heterocycles. The third-order valence-corrected chi connectivity index (χ3v) is 3.81. The minimum Gasteiger partial charge on any atom is -0.496 e. The third kappa shape index (κ3) is 1.97. The second-order valence-electron chi connectivity index (χ2n) is 4.86. The molecule has 102 valence electrons. The van der Waals surface area contributed by atoms with Crippen LogP contribution in [0.1, 0.15) is 32.6 Å². The fraction of sp³-hybridized carbons (Fsp3) is 0.750. The molecule has 3 nitrogen and oxygen atoms in total. The number of carbonyl (C=O) groups is 1. The molecule has 1 saturated carbocycles. The summed E-state index contributed by atoms with van der Waals surface area (Å²) in [5.74, 6) is -1.40. The van der Waals surface area contributed by atoms with Crippen molar-refractivity contribution in [3.8, 4) is 0 Å². The van der Waals surface area contributed by atoms with Gasteiger partial charge in [-0.15, -0.1) is 0 Å². The SMILES string of the molecule is COC1=C(C)C(=O)OC12CCC(C(F)(F)F)CC2. The van der Waals surface area contributed by atoms with Crippen LogP contribution < -0.4 is 0 Å². The smallest absolute Gasteiger partial charge is 0.391 e. The lowest BCUT2D eigenvalue weighted by Gasteiger charge is -2.37. The minimum atomic E-state index is -4.17. The largest absolute Gasteiger partial charge is 0.496 e. The molecular formula is C12H15F3O3. The Bertz CT molecular complexity index is 390. The highest BCUT2D eigenvalue weighted by atomic mass is 19.4. The molecule has 1 fully saturated rings. The van der Waals surface area contributed by atoms with Gasteiger partial charge in [0, 0.05) is 0 Å². The normalized spacial score (nSPS) is 32.9. The van der Waals surface area contributed by atoms with Crippen LogP contribution in [0.3, 0.4) is 0 Å². The summed E-state index contributed by atoms with van der Waals surface area (Å²) in [5.41, 5.74) is -0.597. The van der Waals surface area contributed by atoms with Crippen LogP contribution in [0.15, 0.2) is 11.3 Å². The average Bonchev–Trinajstić information content (AvgIpc) is 2.50. The number of hydrogen-bond donors (Lipinski definition) is 0. The van der Waals surface area contributed by atoms with Crippen molar-refractivity contribution in [2.45, 2.75) is 44.4 Å². The maximum absolute atomic E-state index is 12.6. The predicted molar refractivity (Wildman–Crippen MR) is 56.5 cm³/mol. The lowest BCUT2D eigenvalue weighted by molar-refractivity contribution is -0.194. The quantitative estimate of drug-likeness (QED) is 0.683. The number of carbonyl (C=O) groups excluding carboxylic acids is 1. The van der Waals surface area contributed by atoms with Crippen LogP contribution in [0.4, 0.5) is 13.2 Å². The minimum absolute atomic E-state index is 0.0308. The summed E-state index contributed by atoms with van der Waals surface area (Å²) in [6.07, 6.45) is -3.89. The van der Waals surface area contributed by atoms with Crippen molar-refractivity contribution in [3.63, 3.8) is 0 Å². The Labute approximate surface area is 103 Å². The number of hydrogen-bond acceptors (Lipinski definition) is 3. The first-order valence-corrected chi connectivity index (χ1v) is 5.85. The van der Waals surface area contributed by atoms with Gasteiger partial charge in [0.05, 0.1) is 18.6 Å². The van der Waals surface area contributed by atoms with Gasteiger partial charge in [0.15, 0.2) is 5.60 Å². The van der Waals surface area contributed by atoms with E-state index in [-0.39, 0.29) is 25.7 Å². The molecule has 1 heterocycles. The van der Waals surface area contributed by atoms with Crippen LogP contribution in [0.2, 0.25) is 0 Å². The number of ether oxygens (including phenoxy) is 2. The lowest BCUT2D eigenvalue weighted by atomic mass is 9.77. The van der Waals surface area contributed by atoms with Crippen molar-refractivity contribution in [1.82, 2.24) is 0 Å². The molecule has 2 rings (SSSR count). The van der Waals surface area contributed by atoms with E-state index in [0.717, 1.165) is 0 Å². The molecule has 1 aliphatic carbocycles. The van der Waals surface area contributed by atoms with Gasteiger partial charge in [0.2, 0.25) is 0 Å². The highest BCUT2D eigenvalue weighted by molar-refractivity contribution is 5.91. The first-order chi connectivity index (χ1) is 8.30. The zero-order valence-corrected chi connectivity index (χ0v) is 10.3. The summed E-state index contributed by atoms with van der Waals surface area (Å²) in [4.78, 5) is 11.5. The van der Waals surface area contributed by atoms with E-state index in [4.69, 9.17) is 9.47 Å². The predicted octanol–water partition coefficient (Wildman–Crippen LogP) is 2.95. The van der Waals surface area contributed by atoms with E-state index in [1.165, 1.54) is 7.11 Å². The first kappa shape index (κ1) is 13.2. The molecule has 6 heteroatoms. The molecule has 0 amide bonds. The van der Waals surface area contributed by atoms with Crippen LogP contribution in [-0.4, -0.2) is 24.9 Å². The van der Waals surface area contributed by atoms with E-state index in [1.54, 1.807) is 6.92 Å². The van der Waals surface area contributed by atoms with Crippen molar-refractivity contribution in [2.75, 3.05) is 7.11 Å². The molecule has 0 aromatic rings. The van der Waals surface area contributed by atoms with Gasteiger partial charge in [-0.2, -0.15) is 13.2 Å². The summed E-state index contributed by atoms with van der Waals surface area (Å²) in [7, 11) is 1.42. The van der Waals surface area contributed by atoms with Crippen LogP contribution in [0.25, 0.3) is 0 Å². The van der Waals surface area contributed by atoms with Gasteiger partial charge in [-0.1, -0.05) is 0 Å². The maximum Gasteiger partial charge on any atom is 0.391 e. The molecular weight excluding hydrogens is 249 g/mol. The molecule has 1 spiro atoms. The Morgan fingerprint density at radius 1 is 1.33 bits per heavy atom. The average molecular weight is 264 g/mol. The zero-order chi connectivity index (χ0) is 13.6. The number of alkyl halides is 3. The monoisotopic (exact) mass is 264 g/mol. The Kier molecular flexibility index (Phi) is 3.07. The topological polar surface area (TPSA) is 35.5 Å². The highest BCUT2D eigenvalue weighted by Crippen LogP contribution is 2.48. The molecule has 0 unspecified atom stereocenters. The van der Waals surface area contributed by atoms with Crippen LogP contribution in [0.5, 0.6) is 0 Å². The van der Waals surface area contributed by atoms with Crippen molar-refractivity contribution in [1.29, 1.82) is 0 Å². The second kappa shape index (κ2) is 4.17. The highest BCUT2D eigenvalue weighted by Gasteiger charge is 2.53. The van der Waals surface area contributed by atoms with E-state index in [9.17, 15) is 18.0 Å². The fourth-order valence-electron chi connectivity index (χ4n) is 2.81. The van der Waals surface area contributed by atoms with Gasteiger partial charge in [-0.3, -0.25) is 0 Å². The van der Waals surface area contributed by atoms with Crippen LogP contribution in [0, 0.1) is 5.92 Å². The molecule has 1 aliphatic heterocycles. The van der Waals surface area contributed by atoms with Gasteiger partial charge in [-0.25, -0.2) is 4.79 Å². The number of methoxy groups -OCH3 is 1. The van der Waals surface area contributed by atoms with E-state index in [1.807, 2.05) is 0 Å². The van der Waals surface area contributed by atoms with E-state index < -0.39 is 23.7 Å². The molecule has 2 aliphatic rings. The van der Waals surface area contributed by atoms with E-state index in [0.29, 0.717) is 11.3 Å². The maximum atomic E-state index is 12.6. The van der Waals surface area contributed by atoms with Crippen LogP contribution >= 0.6 is 0 Å². The molecule has 0 bridgehead atoms. The van der Waals surface area contributed by atoms with Crippen molar-refractivity contribution >= 4 is 5.97 Å². The Balaban J connectivity index is 2.16. The lowest BCUT2D eigenvalue weighted by Crippen LogP contribution is -2.40. The first-order valence-electron chi connectivity index (χ1n) is 5.85. The summed E-state index contributed by atoms with van der Waals surface area (Å²) in [6.45, 7) is 1.58. The van der Waals surface area contributed by atoms with Gasteiger partial charge in [-0.05, 0) is 32.6 Å². The van der Waals surface area contributed by atoms with Gasteiger partial charge in [0.1, 0.15) is 5.76 Å². The third-order valence-electron chi connectivity index (χ3n) is 3.81. The van der Waals surface area contributed by atoms with Crippen molar-refractivity contribution in [3.05, 3.63) is 11.3 Å². The van der Waals surface area contributed by atoms with Gasteiger partial charge < -0.3 is 9.47 Å². The Hall–Kier alpha value is -1.20. The van der Waals surface area contributed by atoms with Gasteiger partial charge >= 0.3 is 12.1 Å². The number of halogens is 3. The van der Waals surface area contributed by atoms with E-state index in [2.05, 4.69) is 0 Å². The molecule has 18 heavy (non-hydrogen) atoms. The Morgan fingerprint density at radius 2 is 1.89 bits per heavy atom. The summed E-state index contributed by atoms with van der Waals surface area (Å²) in [6, 6.07) is 0. The summed E-state index contributed by atoms with van der Waals surface area (Å²) >= 11 is 0. The number of rotatable bonds is 1. The molecule has 0 aromatic carbocycles. The number of esters is 1. The summed E-state index contributed by atoms with van der Waals surface area (Å²) < 4.78 is 48.2. The molecule has 0 N–H and O–H groups in total. The zero-order valence-electron chi connectivity index (χ0n) is 10.3. The van der Waals surface area contributed by atoms with Crippen LogP contribution in [-0.2, 0) is 14.3 Å². The Morgan fingerprint density at radius 3 is 2.33 bits per heavy atom. The van der Waals surface area contributed by atoms with E-state index >= 15 is 0 Å². The van der Waals surface area contributed by atoms with Crippen molar-refractivity contribution in [2.24, 2.45) is 5.92 Å². The molecule has 0 radical (unpaired) electrons. The summed E-state index contributed by atoms with van der Waals surface area (Å²) in [5, 5.41) is 0. The second-order valence-corrected chi connectivity index (χ2v) is 4.86. The van der Waals surface area contributed by atoms with Gasteiger partial charge in [0.25, 0.3) is 0 Å².